The average Bonchev–Trinajstić information content (AvgIpc) is 3.38. The highest BCUT2D eigenvalue weighted by Crippen LogP contribution is 2.33. The molecule has 0 saturated heterocycles. The van der Waals surface area contributed by atoms with Crippen LogP contribution in [0, 0.1) is 13.8 Å². The second-order valence-electron chi connectivity index (χ2n) is 10.7. The lowest BCUT2D eigenvalue weighted by atomic mass is 10.1. The quantitative estimate of drug-likeness (QED) is 0.196. The van der Waals surface area contributed by atoms with E-state index in [2.05, 4.69) is 61.0 Å². The highest BCUT2D eigenvalue weighted by Gasteiger charge is 2.26. The zero-order valence-corrected chi connectivity index (χ0v) is 25.8. The number of fused-ring (bicyclic) bond motifs is 1. The molecule has 0 bridgehead atoms. The molecule has 2 amide bonds. The van der Waals surface area contributed by atoms with Crippen molar-refractivity contribution in [3.8, 4) is 11.4 Å². The highest BCUT2D eigenvalue weighted by atomic mass is 32.2. The van der Waals surface area contributed by atoms with Crippen molar-refractivity contribution in [3.63, 3.8) is 0 Å². The second kappa shape index (κ2) is 12.3. The maximum absolute atomic E-state index is 13.2. The molecule has 0 radical (unpaired) electrons. The predicted molar refractivity (Wildman–Crippen MR) is 171 cm³/mol. The number of anilines is 1. The molecule has 2 unspecified atom stereocenters. The molecular formula is C34H34N4O5S. The molecule has 0 aliphatic rings. The Kier molecular flexibility index (Phi) is 8.55. The number of hydrogen-bond acceptors (Lipinski definition) is 6. The molecule has 0 spiro atoms. The van der Waals surface area contributed by atoms with Gasteiger partial charge < -0.3 is 20.4 Å². The van der Waals surface area contributed by atoms with Crippen LogP contribution in [0.25, 0.3) is 22.4 Å². The molecule has 5 aromatic rings. The number of aromatic nitrogens is 2. The Morgan fingerprint density at radius 3 is 2.11 bits per heavy atom. The van der Waals surface area contributed by atoms with E-state index in [1.165, 1.54) is 29.8 Å². The Labute approximate surface area is 256 Å². The summed E-state index contributed by atoms with van der Waals surface area (Å²) in [4.78, 5) is 29.9. The van der Waals surface area contributed by atoms with E-state index >= 15 is 0 Å². The maximum atomic E-state index is 13.2. The summed E-state index contributed by atoms with van der Waals surface area (Å²) in [5.41, 5.74) is 12.2. The number of benzene rings is 4. The van der Waals surface area contributed by atoms with Gasteiger partial charge in [-0.3, -0.25) is 4.79 Å². The van der Waals surface area contributed by atoms with Crippen molar-refractivity contribution < 1.29 is 22.7 Å². The molecule has 0 aliphatic carbocycles. The predicted octanol–water partition coefficient (Wildman–Crippen LogP) is 6.50. The molecule has 0 fully saturated rings. The molecule has 226 valence electrons. The number of carbonyl (C=O) groups excluding carboxylic acids is 2. The lowest BCUT2D eigenvalue weighted by molar-refractivity contribution is -0.124. The van der Waals surface area contributed by atoms with Gasteiger partial charge in [0, 0.05) is 16.8 Å². The Hall–Kier alpha value is -4.96. The minimum absolute atomic E-state index is 0.00203. The summed E-state index contributed by atoms with van der Waals surface area (Å²) < 4.78 is 31.7. The Bertz CT molecular complexity index is 1930. The van der Waals surface area contributed by atoms with Crippen LogP contribution in [0.5, 0.6) is 0 Å². The summed E-state index contributed by atoms with van der Waals surface area (Å²) in [5, 5.41) is 2.77. The minimum atomic E-state index is -3.44. The van der Waals surface area contributed by atoms with E-state index in [9.17, 15) is 18.0 Å². The van der Waals surface area contributed by atoms with Gasteiger partial charge in [0.15, 0.2) is 9.84 Å². The van der Waals surface area contributed by atoms with Gasteiger partial charge in [-0.15, -0.1) is 0 Å². The molecular weight excluding hydrogens is 576 g/mol. The lowest BCUT2D eigenvalue weighted by Crippen LogP contribution is -2.28. The smallest absolute Gasteiger partial charge is 0.405 e. The molecule has 10 heteroatoms. The second-order valence-corrected chi connectivity index (χ2v) is 13.0. The standard InChI is InChI=1S/C34H34N4O5S/c1-5-44(41,42)28-17-13-25(14-18-28)31(43-34(35)40)33(39)36-27-15-11-26(12-16-27)32-37-29-19-8-22(3)20-30(29)38(32)23(4)24-9-6-21(2)7-10-24/h6-20,23,31H,5H2,1-4H3,(H2,35,40)(H,36,39). The molecule has 1 aromatic heterocycles. The van der Waals surface area contributed by atoms with Crippen LogP contribution < -0.4 is 11.1 Å². The Morgan fingerprint density at radius 2 is 1.50 bits per heavy atom. The zero-order valence-electron chi connectivity index (χ0n) is 24.9. The number of rotatable bonds is 9. The minimum Gasteiger partial charge on any atom is -0.431 e. The van der Waals surface area contributed by atoms with Crippen molar-refractivity contribution in [2.45, 2.75) is 44.7 Å². The number of hydrogen-bond donors (Lipinski definition) is 2. The number of carbonyl (C=O) groups is 2. The van der Waals surface area contributed by atoms with E-state index < -0.39 is 27.9 Å². The molecule has 1 heterocycles. The van der Waals surface area contributed by atoms with Gasteiger partial charge in [-0.05, 0) is 80.4 Å². The van der Waals surface area contributed by atoms with E-state index in [4.69, 9.17) is 15.5 Å². The van der Waals surface area contributed by atoms with Crippen LogP contribution in [0.2, 0.25) is 0 Å². The van der Waals surface area contributed by atoms with Crippen LogP contribution in [0.4, 0.5) is 10.5 Å². The van der Waals surface area contributed by atoms with Crippen molar-refractivity contribution in [3.05, 3.63) is 113 Å². The number of imidazole rings is 1. The van der Waals surface area contributed by atoms with Crippen LogP contribution >= 0.6 is 0 Å². The summed E-state index contributed by atoms with van der Waals surface area (Å²) >= 11 is 0. The zero-order chi connectivity index (χ0) is 31.6. The van der Waals surface area contributed by atoms with Crippen LogP contribution in [0.3, 0.4) is 0 Å². The highest BCUT2D eigenvalue weighted by molar-refractivity contribution is 7.91. The normalized spacial score (nSPS) is 12.9. The SMILES string of the molecule is CCS(=O)(=O)c1ccc(C(OC(N)=O)C(=O)Nc2ccc(-c3nc4ccc(C)cc4n3C(C)c3ccc(C)cc3)cc2)cc1. The first-order chi connectivity index (χ1) is 21.0. The lowest BCUT2D eigenvalue weighted by Gasteiger charge is -2.19. The van der Waals surface area contributed by atoms with E-state index in [1.807, 2.05) is 24.3 Å². The number of amides is 2. The summed E-state index contributed by atoms with van der Waals surface area (Å²) in [6.07, 6.45) is -2.52. The number of nitrogens with zero attached hydrogens (tertiary/aromatic N) is 2. The Balaban J connectivity index is 1.44. The van der Waals surface area contributed by atoms with Gasteiger partial charge in [0.25, 0.3) is 5.91 Å². The van der Waals surface area contributed by atoms with E-state index in [0.717, 1.165) is 33.5 Å². The molecule has 2 atom stereocenters. The summed E-state index contributed by atoms with van der Waals surface area (Å²) in [6, 6.07) is 27.5. The van der Waals surface area contributed by atoms with Crippen molar-refractivity contribution in [1.82, 2.24) is 9.55 Å². The summed E-state index contributed by atoms with van der Waals surface area (Å²) in [5.74, 6) is 0.0807. The molecule has 0 aliphatic heterocycles. The van der Waals surface area contributed by atoms with E-state index in [0.29, 0.717) is 5.69 Å². The van der Waals surface area contributed by atoms with Crippen molar-refractivity contribution in [2.24, 2.45) is 5.73 Å². The third-order valence-electron chi connectivity index (χ3n) is 7.60. The monoisotopic (exact) mass is 610 g/mol. The van der Waals surface area contributed by atoms with Gasteiger partial charge in [0.2, 0.25) is 6.10 Å². The van der Waals surface area contributed by atoms with E-state index in [-0.39, 0.29) is 22.3 Å². The van der Waals surface area contributed by atoms with Gasteiger partial charge in [-0.2, -0.15) is 0 Å². The van der Waals surface area contributed by atoms with Crippen LogP contribution in [0.15, 0.2) is 95.9 Å². The van der Waals surface area contributed by atoms with Crippen molar-refractivity contribution in [1.29, 1.82) is 0 Å². The first-order valence-electron chi connectivity index (χ1n) is 14.2. The van der Waals surface area contributed by atoms with Crippen LogP contribution in [0.1, 0.15) is 48.2 Å². The van der Waals surface area contributed by atoms with Gasteiger partial charge in [0.05, 0.1) is 27.7 Å². The molecule has 0 saturated carbocycles. The number of ether oxygens (including phenoxy) is 1. The van der Waals surface area contributed by atoms with Gasteiger partial charge in [-0.25, -0.2) is 18.2 Å². The average molecular weight is 611 g/mol. The fourth-order valence-electron chi connectivity index (χ4n) is 5.11. The topological polar surface area (TPSA) is 133 Å². The number of nitrogens with one attached hydrogen (secondary N) is 1. The van der Waals surface area contributed by atoms with Crippen LogP contribution in [-0.4, -0.2) is 35.7 Å². The maximum Gasteiger partial charge on any atom is 0.405 e. The first kappa shape index (κ1) is 30.5. The van der Waals surface area contributed by atoms with Gasteiger partial charge >= 0.3 is 6.09 Å². The van der Waals surface area contributed by atoms with Gasteiger partial charge in [-0.1, -0.05) is 55.0 Å². The Morgan fingerprint density at radius 1 is 0.886 bits per heavy atom. The van der Waals surface area contributed by atoms with Crippen molar-refractivity contribution >= 4 is 38.6 Å². The fourth-order valence-corrected chi connectivity index (χ4v) is 5.99. The number of sulfone groups is 1. The summed E-state index contributed by atoms with van der Waals surface area (Å²) in [6.45, 7) is 7.81. The van der Waals surface area contributed by atoms with Gasteiger partial charge in [0.1, 0.15) is 5.82 Å². The number of nitrogens with two attached hydrogens (primary N) is 1. The van der Waals surface area contributed by atoms with Crippen molar-refractivity contribution in [2.75, 3.05) is 11.1 Å². The molecule has 3 N–H and O–H groups in total. The molecule has 5 rings (SSSR count). The third kappa shape index (κ3) is 6.35. The van der Waals surface area contributed by atoms with Crippen LogP contribution in [-0.2, 0) is 19.4 Å². The van der Waals surface area contributed by atoms with E-state index in [1.54, 1.807) is 19.1 Å². The summed E-state index contributed by atoms with van der Waals surface area (Å²) in [7, 11) is -3.44. The number of aryl methyl sites for hydroxylation is 2. The fraction of sp³-hybridized carbons (Fsp3) is 0.206. The molecule has 9 nitrogen and oxygen atoms in total. The largest absolute Gasteiger partial charge is 0.431 e. The number of primary amides is 1. The third-order valence-corrected chi connectivity index (χ3v) is 9.35. The molecule has 4 aromatic carbocycles. The first-order valence-corrected chi connectivity index (χ1v) is 15.9. The molecule has 44 heavy (non-hydrogen) atoms.